The van der Waals surface area contributed by atoms with E-state index in [1.54, 1.807) is 24.3 Å². The van der Waals surface area contributed by atoms with E-state index in [0.29, 0.717) is 17.7 Å². The van der Waals surface area contributed by atoms with Gasteiger partial charge < -0.3 is 5.11 Å². The lowest BCUT2D eigenvalue weighted by molar-refractivity contribution is 0.166. The van der Waals surface area contributed by atoms with Crippen LogP contribution in [-0.2, 0) is 10.0 Å². The van der Waals surface area contributed by atoms with E-state index >= 15 is 0 Å². The normalized spacial score (nSPS) is 18.1. The summed E-state index contributed by atoms with van der Waals surface area (Å²) in [7, 11) is -3.75. The first kappa shape index (κ1) is 15.3. The smallest absolute Gasteiger partial charge is 0.265 e. The number of rotatable bonds is 2. The van der Waals surface area contributed by atoms with Gasteiger partial charge in [-0.25, -0.2) is 8.42 Å². The third-order valence-electron chi connectivity index (χ3n) is 3.82. The second-order valence-electron chi connectivity index (χ2n) is 5.37. The maximum Gasteiger partial charge on any atom is 0.265 e. The van der Waals surface area contributed by atoms with Crippen LogP contribution in [0.4, 0.5) is 5.69 Å². The van der Waals surface area contributed by atoms with Gasteiger partial charge in [-0.15, -0.1) is 0 Å². The van der Waals surface area contributed by atoms with Crippen molar-refractivity contribution in [2.45, 2.75) is 24.3 Å². The highest BCUT2D eigenvalue weighted by molar-refractivity contribution is 7.93. The maximum absolute atomic E-state index is 12.9. The lowest BCUT2D eigenvalue weighted by Gasteiger charge is -2.33. The number of halogens is 1. The first-order valence-electron chi connectivity index (χ1n) is 6.97. The summed E-state index contributed by atoms with van der Waals surface area (Å²) in [5.74, 6) is 0. The zero-order chi connectivity index (χ0) is 15.9. The van der Waals surface area contributed by atoms with Crippen molar-refractivity contribution >= 4 is 27.3 Å². The van der Waals surface area contributed by atoms with Gasteiger partial charge in [0.1, 0.15) is 4.90 Å². The molecule has 0 radical (unpaired) electrons. The van der Waals surface area contributed by atoms with Gasteiger partial charge in [-0.05, 0) is 31.5 Å². The fourth-order valence-electron chi connectivity index (χ4n) is 2.71. The van der Waals surface area contributed by atoms with Crippen LogP contribution in [-0.4, -0.2) is 20.1 Å². The van der Waals surface area contributed by atoms with E-state index in [9.17, 15) is 13.5 Å². The standard InChI is InChI=1S/C16H16ClNO3S/c1-11-6-7-14-12(10-11)15(19)8-9-18(14)22(20,21)16-5-3-2-4-13(16)17/h2-7,10,15,19H,8-9H2,1H3. The van der Waals surface area contributed by atoms with Crippen LogP contribution >= 0.6 is 11.6 Å². The Morgan fingerprint density at radius 1 is 1.23 bits per heavy atom. The largest absolute Gasteiger partial charge is 0.388 e. The number of hydrogen-bond donors (Lipinski definition) is 1. The van der Waals surface area contributed by atoms with Crippen molar-refractivity contribution in [3.63, 3.8) is 0 Å². The Morgan fingerprint density at radius 2 is 1.95 bits per heavy atom. The molecule has 0 spiro atoms. The summed E-state index contributed by atoms with van der Waals surface area (Å²) in [4.78, 5) is 0.0829. The summed E-state index contributed by atoms with van der Waals surface area (Å²) in [6.07, 6.45) is -0.284. The van der Waals surface area contributed by atoms with Gasteiger partial charge in [-0.3, -0.25) is 4.31 Å². The molecule has 2 aromatic carbocycles. The zero-order valence-electron chi connectivity index (χ0n) is 12.0. The van der Waals surface area contributed by atoms with E-state index in [0.717, 1.165) is 5.56 Å². The molecule has 0 saturated heterocycles. The monoisotopic (exact) mass is 337 g/mol. The highest BCUT2D eigenvalue weighted by atomic mass is 35.5. The average Bonchev–Trinajstić information content (AvgIpc) is 2.48. The summed E-state index contributed by atoms with van der Waals surface area (Å²) in [6, 6.07) is 11.8. The van der Waals surface area contributed by atoms with Crippen molar-refractivity contribution in [3.05, 3.63) is 58.6 Å². The number of anilines is 1. The molecule has 6 heteroatoms. The molecule has 4 nitrogen and oxygen atoms in total. The number of aryl methyl sites for hydroxylation is 1. The zero-order valence-corrected chi connectivity index (χ0v) is 13.6. The van der Waals surface area contributed by atoms with Gasteiger partial charge in [0.25, 0.3) is 10.0 Å². The molecule has 0 bridgehead atoms. The van der Waals surface area contributed by atoms with Crippen LogP contribution in [0.5, 0.6) is 0 Å². The number of fused-ring (bicyclic) bond motifs is 1. The molecule has 116 valence electrons. The molecular weight excluding hydrogens is 322 g/mol. The van der Waals surface area contributed by atoms with Crippen molar-refractivity contribution in [3.8, 4) is 0 Å². The fourth-order valence-corrected chi connectivity index (χ4v) is 4.71. The van der Waals surface area contributed by atoms with Gasteiger partial charge in [-0.1, -0.05) is 41.4 Å². The highest BCUT2D eigenvalue weighted by Crippen LogP contribution is 2.38. The van der Waals surface area contributed by atoms with Crippen molar-refractivity contribution in [2.24, 2.45) is 0 Å². The molecule has 3 rings (SSSR count). The highest BCUT2D eigenvalue weighted by Gasteiger charge is 2.33. The Hall–Kier alpha value is -1.56. The number of nitrogens with zero attached hydrogens (tertiary/aromatic N) is 1. The second-order valence-corrected chi connectivity index (χ2v) is 7.61. The molecule has 1 aliphatic heterocycles. The van der Waals surface area contributed by atoms with E-state index < -0.39 is 16.1 Å². The molecule has 1 N–H and O–H groups in total. The van der Waals surface area contributed by atoms with Crippen molar-refractivity contribution in [1.82, 2.24) is 0 Å². The number of sulfonamides is 1. The third-order valence-corrected chi connectivity index (χ3v) is 6.13. The molecule has 0 saturated carbocycles. The molecule has 0 fully saturated rings. The molecule has 1 atom stereocenters. The molecule has 22 heavy (non-hydrogen) atoms. The van der Waals surface area contributed by atoms with E-state index in [1.807, 2.05) is 19.1 Å². The Labute approximate surface area is 135 Å². The van der Waals surface area contributed by atoms with Crippen LogP contribution in [0.1, 0.15) is 23.7 Å². The van der Waals surface area contributed by atoms with Gasteiger partial charge in [0.2, 0.25) is 0 Å². The Bertz CT molecular complexity index is 820. The number of hydrogen-bond acceptors (Lipinski definition) is 3. The summed E-state index contributed by atoms with van der Waals surface area (Å²) >= 11 is 6.05. The maximum atomic E-state index is 12.9. The quantitative estimate of drug-likeness (QED) is 0.915. The van der Waals surface area contributed by atoms with E-state index in [2.05, 4.69) is 0 Å². The molecule has 1 unspecified atom stereocenters. The third kappa shape index (κ3) is 2.49. The average molecular weight is 338 g/mol. The SMILES string of the molecule is Cc1ccc2c(c1)C(O)CCN2S(=O)(=O)c1ccccc1Cl. The molecular formula is C16H16ClNO3S. The van der Waals surface area contributed by atoms with Crippen LogP contribution in [0.15, 0.2) is 47.4 Å². The lowest BCUT2D eigenvalue weighted by Crippen LogP contribution is -2.36. The van der Waals surface area contributed by atoms with Crippen LogP contribution < -0.4 is 4.31 Å². The summed E-state index contributed by atoms with van der Waals surface area (Å²) in [6.45, 7) is 2.14. The van der Waals surface area contributed by atoms with Gasteiger partial charge in [-0.2, -0.15) is 0 Å². The van der Waals surface area contributed by atoms with E-state index in [4.69, 9.17) is 11.6 Å². The topological polar surface area (TPSA) is 57.6 Å². The minimum Gasteiger partial charge on any atom is -0.388 e. The van der Waals surface area contributed by atoms with Gasteiger partial charge >= 0.3 is 0 Å². The van der Waals surface area contributed by atoms with Gasteiger partial charge in [0, 0.05) is 12.1 Å². The number of aliphatic hydroxyl groups is 1. The first-order valence-corrected chi connectivity index (χ1v) is 8.79. The fraction of sp³-hybridized carbons (Fsp3) is 0.250. The predicted octanol–water partition coefficient (Wildman–Crippen LogP) is 3.28. The van der Waals surface area contributed by atoms with Crippen LogP contribution in [0.3, 0.4) is 0 Å². The number of benzene rings is 2. The van der Waals surface area contributed by atoms with E-state index in [-0.39, 0.29) is 16.5 Å². The Morgan fingerprint density at radius 3 is 2.68 bits per heavy atom. The molecule has 1 aliphatic rings. The molecule has 0 aliphatic carbocycles. The van der Waals surface area contributed by atoms with E-state index in [1.165, 1.54) is 10.4 Å². The molecule has 1 heterocycles. The summed E-state index contributed by atoms with van der Waals surface area (Å²) in [5.41, 5.74) is 2.14. The summed E-state index contributed by atoms with van der Waals surface area (Å²) in [5, 5.41) is 10.3. The minimum atomic E-state index is -3.75. The Balaban J connectivity index is 2.14. The van der Waals surface area contributed by atoms with Crippen LogP contribution in [0.2, 0.25) is 5.02 Å². The predicted molar refractivity (Wildman–Crippen MR) is 86.7 cm³/mol. The number of aliphatic hydroxyl groups excluding tert-OH is 1. The first-order chi connectivity index (χ1) is 10.4. The molecule has 2 aromatic rings. The van der Waals surface area contributed by atoms with Crippen LogP contribution in [0, 0.1) is 6.92 Å². The molecule has 0 amide bonds. The van der Waals surface area contributed by atoms with Gasteiger partial charge in [0.15, 0.2) is 0 Å². The lowest BCUT2D eigenvalue weighted by atomic mass is 9.99. The van der Waals surface area contributed by atoms with Gasteiger partial charge in [0.05, 0.1) is 16.8 Å². The van der Waals surface area contributed by atoms with Crippen molar-refractivity contribution in [2.75, 3.05) is 10.8 Å². The second kappa shape index (κ2) is 5.57. The van der Waals surface area contributed by atoms with Crippen molar-refractivity contribution in [1.29, 1.82) is 0 Å². The Kier molecular flexibility index (Phi) is 3.89. The molecule has 0 aromatic heterocycles. The summed E-state index contributed by atoms with van der Waals surface area (Å²) < 4.78 is 27.2. The minimum absolute atomic E-state index is 0.0829. The van der Waals surface area contributed by atoms with Crippen LogP contribution in [0.25, 0.3) is 0 Å². The van der Waals surface area contributed by atoms with Crippen molar-refractivity contribution < 1.29 is 13.5 Å².